The van der Waals surface area contributed by atoms with Crippen molar-refractivity contribution in [3.63, 3.8) is 0 Å². The zero-order chi connectivity index (χ0) is 16.7. The van der Waals surface area contributed by atoms with Crippen LogP contribution in [-0.2, 0) is 12.8 Å². The molecule has 2 aliphatic rings. The molecule has 2 aromatic rings. The van der Waals surface area contributed by atoms with Crippen LogP contribution in [-0.4, -0.2) is 20.6 Å². The number of nitrogens with one attached hydrogen (secondary N) is 1. The van der Waals surface area contributed by atoms with Gasteiger partial charge >= 0.3 is 0 Å². The second kappa shape index (κ2) is 5.78. The van der Waals surface area contributed by atoms with Gasteiger partial charge in [0.05, 0.1) is 0 Å². The predicted molar refractivity (Wildman–Crippen MR) is 89.5 cm³/mol. The van der Waals surface area contributed by atoms with Crippen molar-refractivity contribution in [3.8, 4) is 5.75 Å². The first kappa shape index (κ1) is 14.9. The van der Waals surface area contributed by atoms with Crippen molar-refractivity contribution in [1.29, 1.82) is 0 Å². The molecule has 0 saturated heterocycles. The number of hydrogen-bond donors (Lipinski definition) is 2. The minimum atomic E-state index is -0.563. The lowest BCUT2D eigenvalue weighted by atomic mass is 9.93. The van der Waals surface area contributed by atoms with E-state index in [-0.39, 0.29) is 22.9 Å². The van der Waals surface area contributed by atoms with E-state index in [4.69, 9.17) is 0 Å². The fourth-order valence-corrected chi connectivity index (χ4v) is 3.46. The van der Waals surface area contributed by atoms with Crippen LogP contribution in [0.5, 0.6) is 5.75 Å². The van der Waals surface area contributed by atoms with Crippen LogP contribution in [0.3, 0.4) is 0 Å². The van der Waals surface area contributed by atoms with E-state index in [1.165, 1.54) is 0 Å². The first-order valence-corrected chi connectivity index (χ1v) is 8.37. The number of rotatable bonds is 3. The van der Waals surface area contributed by atoms with E-state index in [1.54, 1.807) is 29.1 Å². The number of nitrogens with zero attached hydrogens (tertiary/aromatic N) is 2. The summed E-state index contributed by atoms with van der Waals surface area (Å²) in [6.07, 6.45) is 8.53. The summed E-state index contributed by atoms with van der Waals surface area (Å²) in [5.74, 6) is -0.704. The summed E-state index contributed by atoms with van der Waals surface area (Å²) < 4.78 is 1.76. The maximum Gasteiger partial charge on any atom is 0.267 e. The van der Waals surface area contributed by atoms with E-state index < -0.39 is 5.91 Å². The monoisotopic (exact) mass is 325 g/mol. The first-order valence-electron chi connectivity index (χ1n) is 8.37. The van der Waals surface area contributed by atoms with Crippen molar-refractivity contribution in [2.45, 2.75) is 44.6 Å². The van der Waals surface area contributed by atoms with Crippen LogP contribution in [0.1, 0.15) is 53.3 Å². The molecule has 0 spiro atoms. The lowest BCUT2D eigenvalue weighted by Crippen LogP contribution is -2.33. The van der Waals surface area contributed by atoms with Crippen LogP contribution >= 0.6 is 0 Å². The molecule has 0 aliphatic heterocycles. The largest absolute Gasteiger partial charge is 0.507 e. The number of aromatic hydroxyl groups is 1. The van der Waals surface area contributed by atoms with Gasteiger partial charge in [-0.2, -0.15) is 0 Å². The molecule has 6 heteroatoms. The van der Waals surface area contributed by atoms with Gasteiger partial charge in [0, 0.05) is 35.4 Å². The van der Waals surface area contributed by atoms with Gasteiger partial charge in [0.2, 0.25) is 0 Å². The van der Waals surface area contributed by atoms with Gasteiger partial charge in [-0.15, -0.1) is 0 Å². The number of anilines is 1. The molecule has 1 fully saturated rings. The minimum Gasteiger partial charge on any atom is -0.507 e. The van der Waals surface area contributed by atoms with Crippen LogP contribution in [0.25, 0.3) is 0 Å². The molecule has 2 N–H and O–H groups in total. The van der Waals surface area contributed by atoms with Gasteiger partial charge in [-0.1, -0.05) is 0 Å². The molecule has 1 saturated carbocycles. The molecule has 0 aromatic carbocycles. The van der Waals surface area contributed by atoms with E-state index in [2.05, 4.69) is 10.3 Å². The van der Waals surface area contributed by atoms with Crippen LogP contribution < -0.4 is 10.9 Å². The SMILES string of the molecule is O=C(Nc1ccncc1)c1c(O)c2c(n(C3CC3)c1=O)CCCC2. The van der Waals surface area contributed by atoms with Crippen LogP contribution in [0, 0.1) is 0 Å². The molecule has 2 aliphatic carbocycles. The number of aromatic nitrogens is 2. The van der Waals surface area contributed by atoms with Crippen molar-refractivity contribution in [1.82, 2.24) is 9.55 Å². The van der Waals surface area contributed by atoms with E-state index in [0.717, 1.165) is 43.4 Å². The molecule has 2 aromatic heterocycles. The summed E-state index contributed by atoms with van der Waals surface area (Å²) in [7, 11) is 0. The molecule has 0 radical (unpaired) electrons. The van der Waals surface area contributed by atoms with Crippen LogP contribution in [0.15, 0.2) is 29.3 Å². The third-order valence-corrected chi connectivity index (χ3v) is 4.76. The molecular formula is C18H19N3O3. The first-order chi connectivity index (χ1) is 11.7. The zero-order valence-corrected chi connectivity index (χ0v) is 13.3. The fraction of sp³-hybridized carbons (Fsp3) is 0.389. The van der Waals surface area contributed by atoms with Crippen molar-refractivity contribution in [2.24, 2.45) is 0 Å². The van der Waals surface area contributed by atoms with Gasteiger partial charge in [-0.05, 0) is 50.7 Å². The Morgan fingerprint density at radius 2 is 1.92 bits per heavy atom. The standard InChI is InChI=1S/C18H19N3O3/c22-16-13-3-1-2-4-14(13)21(12-5-6-12)18(24)15(16)17(23)20-11-7-9-19-10-8-11/h7-10,12,22H,1-6H2,(H,19,20,23). The second-order valence-electron chi connectivity index (χ2n) is 6.45. The Bertz CT molecular complexity index is 854. The summed E-state index contributed by atoms with van der Waals surface area (Å²) in [5.41, 5.74) is 1.73. The second-order valence-corrected chi connectivity index (χ2v) is 6.45. The maximum atomic E-state index is 12.9. The Labute approximate surface area is 139 Å². The smallest absolute Gasteiger partial charge is 0.267 e. The topological polar surface area (TPSA) is 84.2 Å². The van der Waals surface area contributed by atoms with Gasteiger partial charge in [0.25, 0.3) is 11.5 Å². The van der Waals surface area contributed by atoms with Crippen molar-refractivity contribution < 1.29 is 9.90 Å². The van der Waals surface area contributed by atoms with E-state index in [0.29, 0.717) is 12.1 Å². The lowest BCUT2D eigenvalue weighted by molar-refractivity contribution is 0.102. The average Bonchev–Trinajstić information content (AvgIpc) is 3.41. The van der Waals surface area contributed by atoms with Crippen molar-refractivity contribution >= 4 is 11.6 Å². The number of fused-ring (bicyclic) bond motifs is 1. The summed E-state index contributed by atoms with van der Waals surface area (Å²) in [6.45, 7) is 0. The Balaban J connectivity index is 1.81. The third kappa shape index (κ3) is 2.48. The molecule has 0 atom stereocenters. The molecule has 0 unspecified atom stereocenters. The molecule has 1 amide bonds. The normalized spacial score (nSPS) is 16.5. The lowest BCUT2D eigenvalue weighted by Gasteiger charge is -2.23. The highest BCUT2D eigenvalue weighted by Crippen LogP contribution is 2.39. The summed E-state index contributed by atoms with van der Waals surface area (Å²) >= 11 is 0. The maximum absolute atomic E-state index is 12.9. The third-order valence-electron chi connectivity index (χ3n) is 4.76. The van der Waals surface area contributed by atoms with Gasteiger partial charge in [0.1, 0.15) is 11.3 Å². The van der Waals surface area contributed by atoms with E-state index in [9.17, 15) is 14.7 Å². The number of carbonyl (C=O) groups excluding carboxylic acids is 1. The highest BCUT2D eigenvalue weighted by molar-refractivity contribution is 6.06. The number of carbonyl (C=O) groups is 1. The molecule has 2 heterocycles. The molecule has 24 heavy (non-hydrogen) atoms. The highest BCUT2D eigenvalue weighted by atomic mass is 16.3. The Kier molecular flexibility index (Phi) is 3.59. The summed E-state index contributed by atoms with van der Waals surface area (Å²) in [4.78, 5) is 29.4. The fourth-order valence-electron chi connectivity index (χ4n) is 3.46. The summed E-state index contributed by atoms with van der Waals surface area (Å²) in [5, 5.41) is 13.3. The number of pyridine rings is 2. The molecule has 124 valence electrons. The Morgan fingerprint density at radius 1 is 1.21 bits per heavy atom. The van der Waals surface area contributed by atoms with Gasteiger partial charge < -0.3 is 15.0 Å². The van der Waals surface area contributed by atoms with Gasteiger partial charge in [-0.3, -0.25) is 14.6 Å². The molecule has 0 bridgehead atoms. The highest BCUT2D eigenvalue weighted by Gasteiger charge is 2.33. The molecular weight excluding hydrogens is 306 g/mol. The van der Waals surface area contributed by atoms with Crippen LogP contribution in [0.2, 0.25) is 0 Å². The number of amides is 1. The molecule has 4 rings (SSSR count). The van der Waals surface area contributed by atoms with Crippen molar-refractivity contribution in [3.05, 3.63) is 51.7 Å². The Morgan fingerprint density at radius 3 is 2.62 bits per heavy atom. The quantitative estimate of drug-likeness (QED) is 0.907. The zero-order valence-electron chi connectivity index (χ0n) is 13.3. The number of hydrogen-bond acceptors (Lipinski definition) is 4. The van der Waals surface area contributed by atoms with Crippen molar-refractivity contribution in [2.75, 3.05) is 5.32 Å². The van der Waals surface area contributed by atoms with Gasteiger partial charge in [-0.25, -0.2) is 0 Å². The average molecular weight is 325 g/mol. The molecule has 6 nitrogen and oxygen atoms in total. The van der Waals surface area contributed by atoms with E-state index >= 15 is 0 Å². The Hall–Kier alpha value is -2.63. The summed E-state index contributed by atoms with van der Waals surface area (Å²) in [6, 6.07) is 3.47. The predicted octanol–water partition coefficient (Wildman–Crippen LogP) is 2.41. The van der Waals surface area contributed by atoms with Crippen LogP contribution in [0.4, 0.5) is 5.69 Å². The minimum absolute atomic E-state index is 0.139. The van der Waals surface area contributed by atoms with E-state index in [1.807, 2.05) is 0 Å². The van der Waals surface area contributed by atoms with Gasteiger partial charge in [0.15, 0.2) is 0 Å².